The molecule has 0 bridgehead atoms. The first kappa shape index (κ1) is 20.6. The van der Waals surface area contributed by atoms with E-state index < -0.39 is 40.9 Å². The van der Waals surface area contributed by atoms with Crippen LogP contribution in [0, 0.1) is 0 Å². The first-order valence-corrected chi connectivity index (χ1v) is 9.66. The van der Waals surface area contributed by atoms with Gasteiger partial charge >= 0.3 is 11.9 Å². The number of fused-ring (bicyclic) bond motifs is 1. The highest BCUT2D eigenvalue weighted by atomic mass is 32.2. The molecule has 26 heavy (non-hydrogen) atoms. The number of aliphatic carboxylic acids is 2. The summed E-state index contributed by atoms with van der Waals surface area (Å²) in [7, 11) is 1.26. The number of nitrogens with zero attached hydrogens (tertiary/aromatic N) is 1. The van der Waals surface area contributed by atoms with Crippen molar-refractivity contribution >= 4 is 47.3 Å². The van der Waals surface area contributed by atoms with Crippen molar-refractivity contribution in [2.75, 3.05) is 24.4 Å². The van der Waals surface area contributed by atoms with Gasteiger partial charge in [-0.3, -0.25) is 19.3 Å². The smallest absolute Gasteiger partial charge is 0.352 e. The van der Waals surface area contributed by atoms with E-state index in [2.05, 4.69) is 5.32 Å². The zero-order valence-corrected chi connectivity index (χ0v) is 15.7. The van der Waals surface area contributed by atoms with E-state index in [0.717, 1.165) is 16.7 Å². The molecular formula is C14H19N3O7S2. The second-order valence-electron chi connectivity index (χ2n) is 5.72. The molecule has 1 saturated heterocycles. The number of carbonyl (C=O) groups is 4. The van der Waals surface area contributed by atoms with E-state index >= 15 is 0 Å². The molecule has 144 valence electrons. The van der Waals surface area contributed by atoms with E-state index in [9.17, 15) is 24.3 Å². The van der Waals surface area contributed by atoms with Gasteiger partial charge in [-0.05, 0) is 12.5 Å². The molecule has 0 aliphatic carbocycles. The van der Waals surface area contributed by atoms with Crippen LogP contribution in [0.25, 0.3) is 0 Å². The van der Waals surface area contributed by atoms with Crippen LogP contribution in [0.2, 0.25) is 0 Å². The third-order valence-electron chi connectivity index (χ3n) is 3.92. The van der Waals surface area contributed by atoms with Crippen molar-refractivity contribution in [1.82, 2.24) is 10.2 Å². The Bertz CT molecular complexity index is 683. The number of nitrogens with two attached hydrogens (primary N) is 1. The van der Waals surface area contributed by atoms with Gasteiger partial charge in [0.25, 0.3) is 11.6 Å². The van der Waals surface area contributed by atoms with Gasteiger partial charge in [0.2, 0.25) is 5.91 Å². The molecule has 5 N–H and O–H groups in total. The SMILES string of the molecule is CO[C@@]1(NC(=O)CSC[C@H](N)C(=O)O)C(=O)N2C(C(=O)O)=C(C)CS[C@@H]21. The topological polar surface area (TPSA) is 159 Å². The number of thioether (sulfide) groups is 2. The number of methoxy groups -OCH3 is 1. The number of carbonyl (C=O) groups excluding carboxylic acids is 2. The molecule has 3 atom stereocenters. The third-order valence-corrected chi connectivity index (χ3v) is 6.44. The molecule has 2 aliphatic rings. The van der Waals surface area contributed by atoms with Crippen LogP contribution in [-0.2, 0) is 23.9 Å². The lowest BCUT2D eigenvalue weighted by molar-refractivity contribution is -0.192. The molecule has 2 aliphatic heterocycles. The van der Waals surface area contributed by atoms with E-state index in [1.165, 1.54) is 18.9 Å². The van der Waals surface area contributed by atoms with Crippen molar-refractivity contribution in [3.63, 3.8) is 0 Å². The maximum absolute atomic E-state index is 12.6. The number of β-lactam (4-membered cyclic amide) rings is 1. The number of rotatable bonds is 8. The molecule has 0 aromatic carbocycles. The molecule has 2 heterocycles. The van der Waals surface area contributed by atoms with Gasteiger partial charge in [0.05, 0.1) is 5.75 Å². The van der Waals surface area contributed by atoms with Crippen LogP contribution in [0.15, 0.2) is 11.3 Å². The zero-order chi connectivity index (χ0) is 19.6. The van der Waals surface area contributed by atoms with Gasteiger partial charge < -0.3 is 26.0 Å². The lowest BCUT2D eigenvalue weighted by Gasteiger charge is -2.55. The van der Waals surface area contributed by atoms with Crippen molar-refractivity contribution in [3.8, 4) is 0 Å². The first-order valence-electron chi connectivity index (χ1n) is 7.46. The van der Waals surface area contributed by atoms with Gasteiger partial charge in [0, 0.05) is 18.6 Å². The summed E-state index contributed by atoms with van der Waals surface area (Å²) in [5, 5.41) is 19.9. The van der Waals surface area contributed by atoms with Crippen LogP contribution < -0.4 is 11.1 Å². The molecule has 10 nitrogen and oxygen atoms in total. The van der Waals surface area contributed by atoms with Gasteiger partial charge in [-0.15, -0.1) is 23.5 Å². The van der Waals surface area contributed by atoms with E-state index in [-0.39, 0.29) is 17.2 Å². The van der Waals surface area contributed by atoms with Crippen LogP contribution >= 0.6 is 23.5 Å². The molecule has 2 amide bonds. The Labute approximate surface area is 157 Å². The molecular weight excluding hydrogens is 386 g/mol. The number of carboxylic acids is 2. The van der Waals surface area contributed by atoms with Gasteiger partial charge in [-0.1, -0.05) is 0 Å². The molecule has 0 radical (unpaired) electrons. The molecule has 12 heteroatoms. The van der Waals surface area contributed by atoms with Crippen LogP contribution in [0.3, 0.4) is 0 Å². The van der Waals surface area contributed by atoms with Crippen molar-refractivity contribution in [3.05, 3.63) is 11.3 Å². The van der Waals surface area contributed by atoms with E-state index in [0.29, 0.717) is 11.3 Å². The Morgan fingerprint density at radius 3 is 2.69 bits per heavy atom. The Morgan fingerprint density at radius 1 is 1.50 bits per heavy atom. The highest BCUT2D eigenvalue weighted by Gasteiger charge is 2.66. The maximum Gasteiger partial charge on any atom is 0.352 e. The normalized spacial score (nSPS) is 26.0. The predicted octanol–water partition coefficient (Wildman–Crippen LogP) is -1.14. The summed E-state index contributed by atoms with van der Waals surface area (Å²) in [6.45, 7) is 1.63. The number of ether oxygens (including phenoxy) is 1. The summed E-state index contributed by atoms with van der Waals surface area (Å²) in [5.41, 5.74) is 4.18. The highest BCUT2D eigenvalue weighted by molar-refractivity contribution is 8.00. The van der Waals surface area contributed by atoms with Gasteiger partial charge in [-0.2, -0.15) is 0 Å². The summed E-state index contributed by atoms with van der Waals surface area (Å²) in [5.74, 6) is -3.27. The second kappa shape index (κ2) is 7.86. The van der Waals surface area contributed by atoms with Gasteiger partial charge in [0.1, 0.15) is 17.1 Å². The van der Waals surface area contributed by atoms with Crippen LogP contribution in [-0.4, -0.2) is 80.4 Å². The van der Waals surface area contributed by atoms with E-state index in [1.807, 2.05) is 0 Å². The van der Waals surface area contributed by atoms with Crippen molar-refractivity contribution < 1.29 is 34.1 Å². The Hall–Kier alpha value is -1.76. The minimum absolute atomic E-state index is 0.0338. The second-order valence-corrected chi connectivity index (χ2v) is 7.82. The maximum atomic E-state index is 12.6. The molecule has 1 fully saturated rings. The van der Waals surface area contributed by atoms with Crippen molar-refractivity contribution in [2.24, 2.45) is 5.73 Å². The third kappa shape index (κ3) is 3.54. The summed E-state index contributed by atoms with van der Waals surface area (Å²) in [6.07, 6.45) is 0. The average Bonchev–Trinajstić information content (AvgIpc) is 2.58. The van der Waals surface area contributed by atoms with Crippen molar-refractivity contribution in [2.45, 2.75) is 24.1 Å². The average molecular weight is 405 g/mol. The van der Waals surface area contributed by atoms with Gasteiger partial charge in [0.15, 0.2) is 0 Å². The minimum atomic E-state index is -1.64. The summed E-state index contributed by atoms with van der Waals surface area (Å²) >= 11 is 2.30. The summed E-state index contributed by atoms with van der Waals surface area (Å²) in [6, 6.07) is -1.09. The minimum Gasteiger partial charge on any atom is -0.480 e. The fourth-order valence-electron chi connectivity index (χ4n) is 2.63. The first-order chi connectivity index (χ1) is 12.2. The van der Waals surface area contributed by atoms with Crippen molar-refractivity contribution in [1.29, 1.82) is 0 Å². The fourth-order valence-corrected chi connectivity index (χ4v) is 4.79. The largest absolute Gasteiger partial charge is 0.480 e. The van der Waals surface area contributed by atoms with Gasteiger partial charge in [-0.25, -0.2) is 4.79 Å². The molecule has 0 spiro atoms. The summed E-state index contributed by atoms with van der Waals surface area (Å²) in [4.78, 5) is 47.9. The van der Waals surface area contributed by atoms with E-state index in [1.54, 1.807) is 6.92 Å². The number of hydrogen-bond acceptors (Lipinski definition) is 8. The molecule has 0 aromatic heterocycles. The van der Waals surface area contributed by atoms with Crippen LogP contribution in [0.1, 0.15) is 6.92 Å². The Balaban J connectivity index is 2.04. The van der Waals surface area contributed by atoms with Crippen LogP contribution in [0.5, 0.6) is 0 Å². The fraction of sp³-hybridized carbons (Fsp3) is 0.571. The number of nitrogens with one attached hydrogen (secondary N) is 1. The standard InChI is InChI=1S/C14H19N3O7S2/c1-6-3-26-13-14(24-2,12(23)17(13)9(6)11(21)22)16-8(18)5-25-4-7(15)10(19)20/h7,13H,3-5,15H2,1-2H3,(H,16,18)(H,19,20)(H,21,22)/t7-,13+,14-/m0/s1. The highest BCUT2D eigenvalue weighted by Crippen LogP contribution is 2.46. The number of hydrogen-bond donors (Lipinski definition) is 4. The van der Waals surface area contributed by atoms with E-state index in [4.69, 9.17) is 15.6 Å². The Kier molecular flexibility index (Phi) is 6.21. The molecule has 0 saturated carbocycles. The molecule has 2 rings (SSSR count). The molecule has 0 unspecified atom stereocenters. The quantitative estimate of drug-likeness (QED) is 0.287. The number of amides is 2. The lowest BCUT2D eigenvalue weighted by Crippen LogP contribution is -2.80. The molecule has 0 aromatic rings. The Morgan fingerprint density at radius 2 is 2.15 bits per heavy atom. The van der Waals surface area contributed by atoms with Crippen LogP contribution in [0.4, 0.5) is 0 Å². The zero-order valence-electron chi connectivity index (χ0n) is 14.1. The predicted molar refractivity (Wildman–Crippen MR) is 94.2 cm³/mol. The number of carboxylic acid groups (broad SMARTS) is 2. The monoisotopic (exact) mass is 405 g/mol. The lowest BCUT2D eigenvalue weighted by atomic mass is 9.98. The summed E-state index contributed by atoms with van der Waals surface area (Å²) < 4.78 is 5.27.